The number of ether oxygens (including phenoxy) is 7. The second-order valence-corrected chi connectivity index (χ2v) is 18.8. The Bertz CT molecular complexity index is 1410. The lowest BCUT2D eigenvalue weighted by molar-refractivity contribution is -0.336. The second-order valence-electron chi connectivity index (χ2n) is 18.8. The Morgan fingerprint density at radius 1 is 0.691 bits per heavy atom. The predicted octanol–water partition coefficient (Wildman–Crippen LogP) is 2.22. The molecule has 0 radical (unpaired) electrons. The first-order chi connectivity index (χ1) is 26.0. The van der Waals surface area contributed by atoms with Gasteiger partial charge in [0.15, 0.2) is 18.9 Å². The maximum atomic E-state index is 12.6. The SMILES string of the molecule is C[C@H]1O[C@@H](O[C@H]2[C@@H](O)C[C@H](O[C@H]3[C@@H](O)C[C@H](O[C@H]4CCC5(C)[C@H](CC[C@@H]6[C@@H]5C[C@@H](O)C5(C)C(C7=CC(=O)OC7)CCC65O)C4)O[C@@H]3C)O[C@@H]2C)C[C@H](O)[C@@H]1O. The maximum absolute atomic E-state index is 12.6. The highest BCUT2D eigenvalue weighted by Crippen LogP contribution is 2.70. The molecule has 4 heterocycles. The minimum Gasteiger partial charge on any atom is -0.458 e. The topological polar surface area (TPSA) is 203 Å². The molecule has 0 bridgehead atoms. The van der Waals surface area contributed by atoms with Crippen molar-refractivity contribution in [3.8, 4) is 0 Å². The molecule has 0 amide bonds. The van der Waals surface area contributed by atoms with Crippen molar-refractivity contribution in [1.82, 2.24) is 0 Å². The zero-order valence-corrected chi connectivity index (χ0v) is 32.9. The van der Waals surface area contributed by atoms with Gasteiger partial charge in [-0.25, -0.2) is 4.79 Å². The van der Waals surface area contributed by atoms with E-state index in [4.69, 9.17) is 33.2 Å². The summed E-state index contributed by atoms with van der Waals surface area (Å²) in [6.45, 7) is 9.90. The quantitative estimate of drug-likeness (QED) is 0.162. The van der Waals surface area contributed by atoms with Crippen LogP contribution >= 0.6 is 0 Å². The van der Waals surface area contributed by atoms with Gasteiger partial charge in [-0.15, -0.1) is 0 Å². The lowest BCUT2D eigenvalue weighted by atomic mass is 9.42. The van der Waals surface area contributed by atoms with Gasteiger partial charge >= 0.3 is 5.97 Å². The van der Waals surface area contributed by atoms with Crippen molar-refractivity contribution < 1.29 is 68.6 Å². The Morgan fingerprint density at radius 2 is 1.29 bits per heavy atom. The largest absolute Gasteiger partial charge is 0.458 e. The lowest BCUT2D eigenvalue weighted by Crippen LogP contribution is -2.67. The summed E-state index contributed by atoms with van der Waals surface area (Å²) >= 11 is 0. The van der Waals surface area contributed by atoms with E-state index in [2.05, 4.69) is 6.92 Å². The van der Waals surface area contributed by atoms with Gasteiger partial charge in [-0.1, -0.05) is 13.8 Å². The van der Waals surface area contributed by atoms with Crippen LogP contribution in [-0.4, -0.2) is 135 Å². The van der Waals surface area contributed by atoms with Crippen LogP contribution in [0.3, 0.4) is 0 Å². The standard InChI is InChI=1S/C41H64O14/c1-19-36(47)28(42)15-34(50-19)54-38-21(3)52-35(17-30(38)44)55-37-20(2)51-33(16-29(37)43)53-24-8-10-39(4)23(13-24)6-7-26-27(39)14-31(45)40(5)25(9-11-41(26,40)48)22-12-32(46)49-18-22/h12,19-21,23-31,33-38,42-45,47-48H,6-11,13-18H2,1-5H3/t19-,20-,21-,23-,24+,25?,26-,27+,28+,29+,30+,31-,33+,34+,35+,36-,37-,38-,39?,40?,41?/m1/s1. The molecule has 14 heteroatoms. The van der Waals surface area contributed by atoms with Crippen LogP contribution in [0.1, 0.15) is 105 Å². The third-order valence-electron chi connectivity index (χ3n) is 16.0. The van der Waals surface area contributed by atoms with E-state index in [9.17, 15) is 35.4 Å². The first-order valence-electron chi connectivity index (χ1n) is 20.9. The van der Waals surface area contributed by atoms with Crippen molar-refractivity contribution in [1.29, 1.82) is 0 Å². The average molecular weight is 781 g/mol. The normalized spacial score (nSPS) is 55.5. The van der Waals surface area contributed by atoms with Gasteiger partial charge in [0.25, 0.3) is 0 Å². The Hall–Kier alpha value is -1.27. The fourth-order valence-electron chi connectivity index (χ4n) is 12.8. The van der Waals surface area contributed by atoms with E-state index in [0.717, 1.165) is 44.1 Å². The highest BCUT2D eigenvalue weighted by atomic mass is 16.7. The molecule has 4 saturated carbocycles. The third kappa shape index (κ3) is 6.95. The smallest absolute Gasteiger partial charge is 0.331 e. The highest BCUT2D eigenvalue weighted by Gasteiger charge is 2.71. The number of aliphatic hydroxyl groups excluding tert-OH is 5. The first kappa shape index (κ1) is 40.5. The van der Waals surface area contributed by atoms with Gasteiger partial charge in [0.2, 0.25) is 0 Å². The van der Waals surface area contributed by atoms with Crippen molar-refractivity contribution in [2.24, 2.45) is 34.5 Å². The molecular formula is C41H64O14. The Kier molecular flexibility index (Phi) is 11.1. The van der Waals surface area contributed by atoms with Gasteiger partial charge in [-0.05, 0) is 107 Å². The molecule has 8 aliphatic rings. The third-order valence-corrected chi connectivity index (χ3v) is 16.0. The molecule has 0 aromatic heterocycles. The number of esters is 1. The molecule has 4 aliphatic heterocycles. The van der Waals surface area contributed by atoms with Crippen LogP contribution in [0.5, 0.6) is 0 Å². The molecule has 0 spiro atoms. The predicted molar refractivity (Wildman–Crippen MR) is 193 cm³/mol. The highest BCUT2D eigenvalue weighted by molar-refractivity contribution is 5.85. The van der Waals surface area contributed by atoms with E-state index < -0.39 is 90.9 Å². The number of fused-ring (bicyclic) bond motifs is 5. The van der Waals surface area contributed by atoms with Gasteiger partial charge < -0.3 is 63.8 Å². The maximum Gasteiger partial charge on any atom is 0.331 e. The molecule has 14 nitrogen and oxygen atoms in total. The number of rotatable bonds is 7. The zero-order chi connectivity index (χ0) is 39.2. The number of hydrogen-bond acceptors (Lipinski definition) is 14. The molecule has 312 valence electrons. The van der Waals surface area contributed by atoms with Gasteiger partial charge in [-0.3, -0.25) is 0 Å². The molecule has 55 heavy (non-hydrogen) atoms. The number of hydrogen-bond donors (Lipinski definition) is 6. The number of carbonyl (C=O) groups is 1. The summed E-state index contributed by atoms with van der Waals surface area (Å²) in [5.41, 5.74) is -0.892. The minimum atomic E-state index is -1.01. The van der Waals surface area contributed by atoms with Crippen molar-refractivity contribution in [2.45, 2.75) is 197 Å². The number of aliphatic hydroxyl groups is 6. The van der Waals surface area contributed by atoms with Crippen LogP contribution in [0, 0.1) is 34.5 Å². The number of carbonyl (C=O) groups excluding carboxylic acids is 1. The molecule has 0 aromatic rings. The zero-order valence-electron chi connectivity index (χ0n) is 32.9. The Labute approximate surface area is 323 Å². The van der Waals surface area contributed by atoms with Gasteiger partial charge in [0, 0.05) is 30.8 Å². The molecule has 4 aliphatic carbocycles. The molecular weight excluding hydrogens is 716 g/mol. The van der Waals surface area contributed by atoms with E-state index in [1.807, 2.05) is 13.8 Å². The van der Waals surface area contributed by atoms with Crippen LogP contribution in [0.2, 0.25) is 0 Å². The summed E-state index contributed by atoms with van der Waals surface area (Å²) in [4.78, 5) is 11.9. The molecule has 6 N–H and O–H groups in total. The molecule has 3 saturated heterocycles. The van der Waals surface area contributed by atoms with Crippen LogP contribution < -0.4 is 0 Å². The Morgan fingerprint density at radius 3 is 1.87 bits per heavy atom. The monoisotopic (exact) mass is 780 g/mol. The summed E-state index contributed by atoms with van der Waals surface area (Å²) < 4.78 is 42.1. The van der Waals surface area contributed by atoms with E-state index >= 15 is 0 Å². The van der Waals surface area contributed by atoms with Crippen LogP contribution in [-0.2, 0) is 38.0 Å². The summed E-state index contributed by atoms with van der Waals surface area (Å²) in [5.74, 6) is 0.204. The summed E-state index contributed by atoms with van der Waals surface area (Å²) in [5, 5.41) is 66.9. The summed E-state index contributed by atoms with van der Waals surface area (Å²) in [6, 6.07) is 0. The van der Waals surface area contributed by atoms with Crippen molar-refractivity contribution >= 4 is 5.97 Å². The van der Waals surface area contributed by atoms with E-state index in [1.54, 1.807) is 19.9 Å². The van der Waals surface area contributed by atoms with Gasteiger partial charge in [-0.2, -0.15) is 0 Å². The molecule has 8 rings (SSSR count). The van der Waals surface area contributed by atoms with E-state index in [0.29, 0.717) is 18.8 Å². The van der Waals surface area contributed by atoms with Gasteiger partial charge in [0.05, 0.1) is 54.4 Å². The lowest BCUT2D eigenvalue weighted by Gasteiger charge is -2.65. The Balaban J connectivity index is 0.837. The van der Waals surface area contributed by atoms with Crippen molar-refractivity contribution in [3.05, 3.63) is 11.6 Å². The van der Waals surface area contributed by atoms with Crippen LogP contribution in [0.4, 0.5) is 0 Å². The molecule has 7 fully saturated rings. The van der Waals surface area contributed by atoms with Crippen molar-refractivity contribution in [2.75, 3.05) is 6.61 Å². The second kappa shape index (κ2) is 15.1. The van der Waals surface area contributed by atoms with E-state index in [1.165, 1.54) is 0 Å². The summed E-state index contributed by atoms with van der Waals surface area (Å²) in [7, 11) is 0. The first-order valence-corrected chi connectivity index (χ1v) is 20.9. The average Bonchev–Trinajstić information content (AvgIpc) is 3.67. The molecule has 0 aromatic carbocycles. The van der Waals surface area contributed by atoms with Crippen LogP contribution in [0.15, 0.2) is 11.6 Å². The fraction of sp³-hybridized carbons (Fsp3) is 0.927. The minimum absolute atomic E-state index is 0.0452. The molecule has 4 unspecified atom stereocenters. The number of cyclic esters (lactones) is 1. The molecule has 21 atom stereocenters. The fourth-order valence-corrected chi connectivity index (χ4v) is 12.8. The van der Waals surface area contributed by atoms with Gasteiger partial charge in [0.1, 0.15) is 24.9 Å². The van der Waals surface area contributed by atoms with Crippen molar-refractivity contribution in [3.63, 3.8) is 0 Å². The van der Waals surface area contributed by atoms with E-state index in [-0.39, 0.29) is 61.1 Å². The van der Waals surface area contributed by atoms with Crippen LogP contribution in [0.25, 0.3) is 0 Å². The summed E-state index contributed by atoms with van der Waals surface area (Å²) in [6.07, 6.45) is -1.51.